The maximum atomic E-state index is 17.3. The molecule has 0 saturated heterocycles. The predicted octanol–water partition coefficient (Wildman–Crippen LogP) is 7.15. The van der Waals surface area contributed by atoms with Crippen LogP contribution in [0.15, 0.2) is 23.8 Å². The summed E-state index contributed by atoms with van der Waals surface area (Å²) in [7, 11) is 0. The van der Waals surface area contributed by atoms with Crippen LogP contribution in [-0.2, 0) is 19.1 Å². The number of ether oxygens (including phenoxy) is 1. The van der Waals surface area contributed by atoms with E-state index in [1.54, 1.807) is 26.8 Å². The number of carbonyl (C=O) groups is 3. The smallest absolute Gasteiger partial charge is 0.306 e. The zero-order valence-corrected chi connectivity index (χ0v) is 27.0. The molecule has 0 spiro atoms. The number of hydrogen-bond donors (Lipinski definition) is 2. The van der Waals surface area contributed by atoms with Crippen LogP contribution in [0.4, 0.5) is 4.39 Å². The van der Waals surface area contributed by atoms with Gasteiger partial charge in [-0.05, 0) is 63.0 Å². The van der Waals surface area contributed by atoms with Crippen LogP contribution in [0.25, 0.3) is 0 Å². The third-order valence-corrected chi connectivity index (χ3v) is 12.0. The fourth-order valence-electron chi connectivity index (χ4n) is 9.40. The van der Waals surface area contributed by atoms with E-state index in [1.807, 2.05) is 0 Å². The van der Waals surface area contributed by atoms with Crippen molar-refractivity contribution in [2.24, 2.45) is 28.6 Å². The van der Waals surface area contributed by atoms with Gasteiger partial charge < -0.3 is 14.9 Å². The Kier molecular flexibility index (Phi) is 10.8. The molecule has 242 valence electrons. The van der Waals surface area contributed by atoms with Crippen molar-refractivity contribution < 1.29 is 33.7 Å². The van der Waals surface area contributed by atoms with Gasteiger partial charge in [0, 0.05) is 23.2 Å². The Bertz CT molecular complexity index is 1100. The predicted molar refractivity (Wildman–Crippen MR) is 165 cm³/mol. The summed E-state index contributed by atoms with van der Waals surface area (Å²) in [6.07, 6.45) is 17.6. The van der Waals surface area contributed by atoms with E-state index in [1.165, 1.54) is 63.5 Å². The first-order valence-electron chi connectivity index (χ1n) is 17.1. The number of rotatable bonds is 15. The van der Waals surface area contributed by atoms with E-state index in [0.717, 1.165) is 12.8 Å². The molecule has 8 atom stereocenters. The summed E-state index contributed by atoms with van der Waals surface area (Å²) in [6.45, 7) is 7.06. The van der Waals surface area contributed by atoms with Gasteiger partial charge >= 0.3 is 5.97 Å². The molecule has 1 unspecified atom stereocenters. The van der Waals surface area contributed by atoms with Crippen molar-refractivity contribution in [3.8, 4) is 0 Å². The van der Waals surface area contributed by atoms with Gasteiger partial charge in [-0.15, -0.1) is 0 Å². The molecular weight excluding hydrogens is 547 g/mol. The summed E-state index contributed by atoms with van der Waals surface area (Å²) in [6, 6.07) is 0. The lowest BCUT2D eigenvalue weighted by Gasteiger charge is -2.62. The Labute approximate surface area is 257 Å². The van der Waals surface area contributed by atoms with E-state index >= 15 is 4.39 Å². The number of ketones is 2. The fourth-order valence-corrected chi connectivity index (χ4v) is 9.40. The number of aliphatic hydroxyl groups excluding tert-OH is 1. The van der Waals surface area contributed by atoms with Crippen LogP contribution in [-0.4, -0.2) is 51.7 Å². The second-order valence-electron chi connectivity index (χ2n) is 14.5. The standard InChI is InChI=1S/C36H55FO6/c1-5-6-7-8-9-10-11-12-13-14-15-16-32(41)43-24-31(40)36(42)25(2)21-29-28-18-17-26-22-27(38)19-20-33(26,3)35(28,37)30(39)23-34(29,36)4/h19-20,22,25,28-30,39,42H,5-18,21,23-24H2,1-4H3/t25-,28+,29+,30+,33+,34+,35+,36?/m1/s1. The molecule has 0 bridgehead atoms. The molecule has 4 aliphatic rings. The SMILES string of the molecule is CCCCCCCCCCCCCC(=O)OCC(=O)C1(O)[C@H](C)C[C@H]2[C@@H]3CCC4=CC(=O)C=C[C@]4(C)[C@@]3(F)[C@@H](O)C[C@@]21C. The Balaban J connectivity index is 1.30. The monoisotopic (exact) mass is 602 g/mol. The molecule has 0 aromatic rings. The molecule has 0 heterocycles. The van der Waals surface area contributed by atoms with Gasteiger partial charge in [0.05, 0.1) is 6.10 Å². The molecule has 2 N–H and O–H groups in total. The van der Waals surface area contributed by atoms with E-state index in [4.69, 9.17) is 4.74 Å². The van der Waals surface area contributed by atoms with Crippen molar-refractivity contribution in [2.75, 3.05) is 6.61 Å². The third-order valence-electron chi connectivity index (χ3n) is 12.0. The number of unbranched alkanes of at least 4 members (excludes halogenated alkanes) is 10. The van der Waals surface area contributed by atoms with Crippen LogP contribution >= 0.6 is 0 Å². The average Bonchev–Trinajstić information content (AvgIpc) is 3.17. The molecule has 3 saturated carbocycles. The van der Waals surface area contributed by atoms with Crippen LogP contribution in [0.3, 0.4) is 0 Å². The van der Waals surface area contributed by atoms with Gasteiger partial charge in [0.25, 0.3) is 0 Å². The number of Topliss-reactive ketones (excluding diaryl/α,β-unsaturated/α-hetero) is 1. The van der Waals surface area contributed by atoms with Crippen molar-refractivity contribution in [1.29, 1.82) is 0 Å². The van der Waals surface area contributed by atoms with Gasteiger partial charge in [-0.25, -0.2) is 4.39 Å². The number of alkyl halides is 1. The van der Waals surface area contributed by atoms with Crippen molar-refractivity contribution in [3.63, 3.8) is 0 Å². The highest BCUT2D eigenvalue weighted by Crippen LogP contribution is 2.70. The lowest BCUT2D eigenvalue weighted by Crippen LogP contribution is -2.69. The minimum Gasteiger partial charge on any atom is -0.458 e. The minimum atomic E-state index is -2.02. The summed E-state index contributed by atoms with van der Waals surface area (Å²) in [5.74, 6) is -2.60. The summed E-state index contributed by atoms with van der Waals surface area (Å²) in [4.78, 5) is 38.1. The highest BCUT2D eigenvalue weighted by Gasteiger charge is 2.75. The maximum Gasteiger partial charge on any atom is 0.306 e. The summed E-state index contributed by atoms with van der Waals surface area (Å²) in [5.41, 5.74) is -5.36. The van der Waals surface area contributed by atoms with Crippen molar-refractivity contribution in [3.05, 3.63) is 23.8 Å². The Morgan fingerprint density at radius 1 is 1.00 bits per heavy atom. The normalized spacial score (nSPS) is 38.2. The maximum absolute atomic E-state index is 17.3. The van der Waals surface area contributed by atoms with Gasteiger partial charge in [0.15, 0.2) is 18.1 Å². The molecule has 4 aliphatic carbocycles. The molecule has 0 radical (unpaired) electrons. The van der Waals surface area contributed by atoms with Crippen molar-refractivity contribution in [1.82, 2.24) is 0 Å². The third kappa shape index (κ3) is 6.06. The first-order valence-corrected chi connectivity index (χ1v) is 17.1. The van der Waals surface area contributed by atoms with Gasteiger partial charge in [0.2, 0.25) is 5.78 Å². The number of aliphatic hydroxyl groups is 2. The summed E-state index contributed by atoms with van der Waals surface area (Å²) in [5, 5.41) is 23.5. The first-order chi connectivity index (χ1) is 20.4. The van der Waals surface area contributed by atoms with Crippen LogP contribution in [0.2, 0.25) is 0 Å². The second-order valence-corrected chi connectivity index (χ2v) is 14.5. The molecule has 0 aromatic heterocycles. The summed E-state index contributed by atoms with van der Waals surface area (Å²) < 4.78 is 22.7. The molecule has 0 amide bonds. The molecule has 0 aromatic carbocycles. The number of allylic oxidation sites excluding steroid dienone is 4. The van der Waals surface area contributed by atoms with Gasteiger partial charge in [0.1, 0.15) is 5.60 Å². The number of carbonyl (C=O) groups excluding carboxylic acids is 3. The number of halogens is 1. The van der Waals surface area contributed by atoms with Crippen molar-refractivity contribution in [2.45, 2.75) is 148 Å². The van der Waals surface area contributed by atoms with Gasteiger partial charge in [-0.1, -0.05) is 96.6 Å². The molecule has 0 aliphatic heterocycles. The second kappa shape index (κ2) is 13.6. The zero-order valence-electron chi connectivity index (χ0n) is 27.0. The van der Waals surface area contributed by atoms with Gasteiger partial charge in [-0.2, -0.15) is 0 Å². The van der Waals surface area contributed by atoms with Crippen LogP contribution in [0.1, 0.15) is 130 Å². The number of fused-ring (bicyclic) bond motifs is 5. The molecule has 4 rings (SSSR count). The highest BCUT2D eigenvalue weighted by atomic mass is 19.1. The average molecular weight is 603 g/mol. The summed E-state index contributed by atoms with van der Waals surface area (Å²) >= 11 is 0. The minimum absolute atomic E-state index is 0.0887. The van der Waals surface area contributed by atoms with E-state index in [2.05, 4.69) is 6.92 Å². The lowest BCUT2D eigenvalue weighted by molar-refractivity contribution is -0.220. The van der Waals surface area contributed by atoms with E-state index in [-0.39, 0.29) is 24.5 Å². The molecule has 7 heteroatoms. The number of hydrogen-bond acceptors (Lipinski definition) is 6. The number of esters is 1. The van der Waals surface area contributed by atoms with Crippen LogP contribution in [0.5, 0.6) is 0 Å². The van der Waals surface area contributed by atoms with E-state index in [9.17, 15) is 24.6 Å². The van der Waals surface area contributed by atoms with Gasteiger partial charge in [-0.3, -0.25) is 14.4 Å². The molecule has 43 heavy (non-hydrogen) atoms. The van der Waals surface area contributed by atoms with Crippen LogP contribution in [0, 0.1) is 28.6 Å². The Morgan fingerprint density at radius 2 is 1.60 bits per heavy atom. The highest BCUT2D eigenvalue weighted by molar-refractivity contribution is 6.01. The largest absolute Gasteiger partial charge is 0.458 e. The molecule has 3 fully saturated rings. The molecular formula is C36H55FO6. The van der Waals surface area contributed by atoms with E-state index < -0.39 is 58.4 Å². The Hall–Kier alpha value is -1.86. The van der Waals surface area contributed by atoms with E-state index in [0.29, 0.717) is 31.3 Å². The Morgan fingerprint density at radius 3 is 2.23 bits per heavy atom. The lowest BCUT2D eigenvalue weighted by atomic mass is 9.44. The van der Waals surface area contributed by atoms with Crippen LogP contribution < -0.4 is 0 Å². The topological polar surface area (TPSA) is 101 Å². The molecule has 6 nitrogen and oxygen atoms in total. The van der Waals surface area contributed by atoms with Crippen molar-refractivity contribution >= 4 is 17.5 Å². The zero-order chi connectivity index (χ0) is 31.5. The first kappa shape index (κ1) is 34.0. The quantitative estimate of drug-likeness (QED) is 0.153. The fraction of sp³-hybridized carbons (Fsp3) is 0.806.